The van der Waals surface area contributed by atoms with Gasteiger partial charge in [-0.05, 0) is 38.5 Å². The molecular weight excluding hydrogens is 530 g/mol. The Labute approximate surface area is 219 Å². The molecule has 0 spiro atoms. The summed E-state index contributed by atoms with van der Waals surface area (Å²) in [6, 6.07) is 11.8. The fourth-order valence-electron chi connectivity index (χ4n) is 2.85. The zero-order valence-electron chi connectivity index (χ0n) is 20.7. The van der Waals surface area contributed by atoms with Gasteiger partial charge < -0.3 is 24.3 Å². The number of benzene rings is 2. The lowest BCUT2D eigenvalue weighted by atomic mass is 10.2. The molecule has 2 rings (SSSR count). The van der Waals surface area contributed by atoms with Crippen LogP contribution in [0.5, 0.6) is 11.5 Å². The van der Waals surface area contributed by atoms with Crippen LogP contribution in [-0.4, -0.2) is 50.2 Å². The van der Waals surface area contributed by atoms with E-state index in [0.717, 1.165) is 5.56 Å². The van der Waals surface area contributed by atoms with E-state index in [4.69, 9.17) is 25.4 Å². The van der Waals surface area contributed by atoms with Crippen LogP contribution >= 0.6 is 15.9 Å². The molecule has 0 radical (unpaired) electrons. The molecule has 10 heteroatoms. The van der Waals surface area contributed by atoms with E-state index in [1.807, 2.05) is 30.3 Å². The number of alkyl carbamates (subject to hydrolysis) is 1. The molecule has 0 aliphatic carbocycles. The molecule has 0 fully saturated rings. The van der Waals surface area contributed by atoms with Gasteiger partial charge in [0.05, 0.1) is 26.5 Å². The third kappa shape index (κ3) is 9.98. The van der Waals surface area contributed by atoms with Gasteiger partial charge in [-0.2, -0.15) is 5.10 Å². The molecule has 0 aliphatic heterocycles. The number of nitrogens with zero attached hydrogens (tertiary/aromatic N) is 1. The Morgan fingerprint density at radius 3 is 2.58 bits per heavy atom. The second-order valence-corrected chi connectivity index (χ2v) is 9.37. The summed E-state index contributed by atoms with van der Waals surface area (Å²) in [6.07, 6.45) is 5.93. The molecule has 0 unspecified atom stereocenters. The third-order valence-electron chi connectivity index (χ3n) is 4.35. The molecule has 0 aliphatic rings. The van der Waals surface area contributed by atoms with E-state index in [9.17, 15) is 9.59 Å². The number of hydrazone groups is 1. The van der Waals surface area contributed by atoms with Crippen molar-refractivity contribution in [2.45, 2.75) is 39.0 Å². The smallest absolute Gasteiger partial charge is 0.408 e. The van der Waals surface area contributed by atoms with E-state index < -0.39 is 23.6 Å². The van der Waals surface area contributed by atoms with E-state index in [2.05, 4.69) is 37.7 Å². The largest absolute Gasteiger partial charge is 0.493 e. The lowest BCUT2D eigenvalue weighted by Crippen LogP contribution is -2.49. The van der Waals surface area contributed by atoms with Gasteiger partial charge in [0, 0.05) is 10.0 Å². The molecule has 0 heterocycles. The summed E-state index contributed by atoms with van der Waals surface area (Å²) in [7, 11) is 1.50. The van der Waals surface area contributed by atoms with Crippen LogP contribution in [0.3, 0.4) is 0 Å². The Morgan fingerprint density at radius 2 is 1.94 bits per heavy atom. The number of halogens is 1. The van der Waals surface area contributed by atoms with Crippen LogP contribution in [0.2, 0.25) is 0 Å². The molecule has 0 bridgehead atoms. The molecule has 2 aromatic carbocycles. The van der Waals surface area contributed by atoms with Crippen LogP contribution in [-0.2, 0) is 20.9 Å². The highest BCUT2D eigenvalue weighted by atomic mass is 79.9. The van der Waals surface area contributed by atoms with E-state index in [1.54, 1.807) is 32.9 Å². The van der Waals surface area contributed by atoms with Crippen molar-refractivity contribution in [3.05, 3.63) is 58.1 Å². The molecule has 0 saturated heterocycles. The predicted molar refractivity (Wildman–Crippen MR) is 140 cm³/mol. The lowest BCUT2D eigenvalue weighted by Gasteiger charge is -2.22. The summed E-state index contributed by atoms with van der Waals surface area (Å²) in [5.74, 6) is 2.60. The number of methoxy groups -OCH3 is 1. The van der Waals surface area contributed by atoms with Gasteiger partial charge in [-0.1, -0.05) is 52.2 Å². The summed E-state index contributed by atoms with van der Waals surface area (Å²) in [5.41, 5.74) is 3.12. The topological polar surface area (TPSA) is 107 Å². The number of ether oxygens (including phenoxy) is 4. The second-order valence-electron chi connectivity index (χ2n) is 8.45. The summed E-state index contributed by atoms with van der Waals surface area (Å²) in [5, 5.41) is 6.54. The molecule has 2 aromatic rings. The highest BCUT2D eigenvalue weighted by Crippen LogP contribution is 2.34. The summed E-state index contributed by atoms with van der Waals surface area (Å²) < 4.78 is 22.6. The van der Waals surface area contributed by atoms with Gasteiger partial charge in [0.2, 0.25) is 0 Å². The average molecular weight is 560 g/mol. The van der Waals surface area contributed by atoms with Crippen LogP contribution in [0.15, 0.2) is 52.0 Å². The van der Waals surface area contributed by atoms with Crippen LogP contribution in [0.1, 0.15) is 31.9 Å². The van der Waals surface area contributed by atoms with Crippen LogP contribution in [0.4, 0.5) is 4.79 Å². The van der Waals surface area contributed by atoms with Crippen LogP contribution in [0.25, 0.3) is 0 Å². The Morgan fingerprint density at radius 1 is 1.22 bits per heavy atom. The van der Waals surface area contributed by atoms with Gasteiger partial charge in [0.1, 0.15) is 18.2 Å². The maximum Gasteiger partial charge on any atom is 0.408 e. The number of hydrogen-bond donors (Lipinski definition) is 2. The Bertz CT molecular complexity index is 1090. The molecular formula is C26H30BrN3O6. The van der Waals surface area contributed by atoms with E-state index >= 15 is 0 Å². The number of amides is 2. The maximum atomic E-state index is 12.9. The molecule has 1 atom stereocenters. The summed E-state index contributed by atoms with van der Waals surface area (Å²) in [4.78, 5) is 25.2. The minimum Gasteiger partial charge on any atom is -0.493 e. The molecule has 36 heavy (non-hydrogen) atoms. The zero-order valence-corrected chi connectivity index (χ0v) is 22.3. The number of carbonyl (C=O) groups is 2. The minimum atomic E-state index is -1.06. The normalized spacial score (nSPS) is 11.9. The first-order valence-electron chi connectivity index (χ1n) is 11.0. The number of terminal acetylenes is 1. The van der Waals surface area contributed by atoms with Crippen LogP contribution < -0.4 is 20.2 Å². The lowest BCUT2D eigenvalue weighted by molar-refractivity contribution is -0.124. The molecule has 192 valence electrons. The van der Waals surface area contributed by atoms with Crippen LogP contribution in [0, 0.1) is 12.3 Å². The second kappa shape index (κ2) is 14.1. The van der Waals surface area contributed by atoms with Crippen molar-refractivity contribution in [2.75, 3.05) is 20.3 Å². The fourth-order valence-corrected chi connectivity index (χ4v) is 3.30. The van der Waals surface area contributed by atoms with E-state index in [0.29, 0.717) is 21.5 Å². The number of nitrogens with one attached hydrogen (secondary N) is 2. The summed E-state index contributed by atoms with van der Waals surface area (Å²) in [6.45, 7) is 5.36. The molecule has 2 amide bonds. The van der Waals surface area contributed by atoms with Crippen molar-refractivity contribution in [1.29, 1.82) is 0 Å². The average Bonchev–Trinajstić information content (AvgIpc) is 2.81. The molecule has 0 aromatic heterocycles. The van der Waals surface area contributed by atoms with Gasteiger partial charge >= 0.3 is 6.09 Å². The zero-order chi connectivity index (χ0) is 26.6. The maximum absolute atomic E-state index is 12.9. The fraction of sp³-hybridized carbons (Fsp3) is 0.346. The SMILES string of the molecule is C#CCOc1c(/C=N\NC(=O)[C@H](COCc2ccccc2)NC(=O)OC(C)(C)C)cc(Br)cc1OC. The van der Waals surface area contributed by atoms with Gasteiger partial charge in [0.15, 0.2) is 11.5 Å². The Balaban J connectivity index is 2.13. The van der Waals surface area contributed by atoms with Crippen molar-refractivity contribution >= 4 is 34.1 Å². The monoisotopic (exact) mass is 559 g/mol. The number of hydrogen-bond acceptors (Lipinski definition) is 7. The van der Waals surface area contributed by atoms with Gasteiger partial charge in [0.25, 0.3) is 5.91 Å². The van der Waals surface area contributed by atoms with Crippen molar-refractivity contribution in [3.63, 3.8) is 0 Å². The first-order valence-corrected chi connectivity index (χ1v) is 11.8. The van der Waals surface area contributed by atoms with Crippen molar-refractivity contribution in [3.8, 4) is 23.8 Å². The Kier molecular flexibility index (Phi) is 11.2. The minimum absolute atomic E-state index is 0.0197. The van der Waals surface area contributed by atoms with Crippen molar-refractivity contribution in [2.24, 2.45) is 5.10 Å². The summed E-state index contributed by atoms with van der Waals surface area (Å²) >= 11 is 3.40. The number of carbonyl (C=O) groups excluding carboxylic acids is 2. The highest BCUT2D eigenvalue weighted by Gasteiger charge is 2.24. The Hall–Kier alpha value is -3.55. The van der Waals surface area contributed by atoms with Gasteiger partial charge in [-0.3, -0.25) is 4.79 Å². The van der Waals surface area contributed by atoms with Gasteiger partial charge in [-0.15, -0.1) is 6.42 Å². The quantitative estimate of drug-likeness (QED) is 0.244. The standard InChI is InChI=1S/C26H30BrN3O6/c1-6-12-35-23-19(13-20(27)14-22(23)33-5)15-28-30-24(31)21(29-25(32)36-26(2,3)4)17-34-16-18-10-8-7-9-11-18/h1,7-11,13-15,21H,12,16-17H2,2-5H3,(H,29,32)(H,30,31)/b28-15-/t21-/m0/s1. The number of rotatable bonds is 11. The van der Waals surface area contributed by atoms with E-state index in [1.165, 1.54) is 13.3 Å². The van der Waals surface area contributed by atoms with E-state index in [-0.39, 0.29) is 19.8 Å². The molecule has 9 nitrogen and oxygen atoms in total. The first-order chi connectivity index (χ1) is 17.1. The predicted octanol–water partition coefficient (Wildman–Crippen LogP) is 4.03. The molecule has 0 saturated carbocycles. The molecule has 2 N–H and O–H groups in total. The third-order valence-corrected chi connectivity index (χ3v) is 4.81. The van der Waals surface area contributed by atoms with Gasteiger partial charge in [-0.25, -0.2) is 10.2 Å². The van der Waals surface area contributed by atoms with Crippen molar-refractivity contribution < 1.29 is 28.5 Å². The van der Waals surface area contributed by atoms with Crippen molar-refractivity contribution in [1.82, 2.24) is 10.7 Å². The first kappa shape index (κ1) is 28.7. The highest BCUT2D eigenvalue weighted by molar-refractivity contribution is 9.10.